The molecule has 0 radical (unpaired) electrons. The van der Waals surface area contributed by atoms with Crippen molar-refractivity contribution in [1.82, 2.24) is 10.6 Å². The third kappa shape index (κ3) is 8.25. The summed E-state index contributed by atoms with van der Waals surface area (Å²) in [5, 5.41) is 29.3. The van der Waals surface area contributed by atoms with Gasteiger partial charge in [0.1, 0.15) is 6.04 Å². The summed E-state index contributed by atoms with van der Waals surface area (Å²) < 4.78 is 0. The van der Waals surface area contributed by atoms with E-state index in [1.54, 1.807) is 30.3 Å². The Bertz CT molecular complexity index is 624. The van der Waals surface area contributed by atoms with E-state index in [1.807, 2.05) is 0 Å². The van der Waals surface area contributed by atoms with Crippen molar-refractivity contribution in [3.8, 4) is 0 Å². The lowest BCUT2D eigenvalue weighted by Crippen LogP contribution is -2.41. The Hall–Kier alpha value is -2.49. The van der Waals surface area contributed by atoms with Gasteiger partial charge >= 0.3 is 5.97 Å². The molecule has 0 aromatic heterocycles. The van der Waals surface area contributed by atoms with Crippen molar-refractivity contribution in [1.29, 1.82) is 0 Å². The van der Waals surface area contributed by atoms with Crippen LogP contribution < -0.4 is 21.3 Å². The lowest BCUT2D eigenvalue weighted by molar-refractivity contribution is -0.141. The van der Waals surface area contributed by atoms with E-state index >= 15 is 0 Å². The van der Waals surface area contributed by atoms with Crippen molar-refractivity contribution in [3.63, 3.8) is 0 Å². The lowest BCUT2D eigenvalue weighted by atomic mass is 10.2. The number of aliphatic hydroxyl groups is 1. The standard InChI is InChI=1S/C16H22N4O4S/c1-2-6-18-16(25)20-12-5-3-4-11(9-12)19-14(22)10-13(15(23)24)17-7-8-21/h2-5,9,13,17,21H,1,6-8,10H2,(H,19,22)(H,23,24)(H2,18,20,25). The number of carbonyl (C=O) groups is 2. The smallest absolute Gasteiger partial charge is 0.321 e. The zero-order chi connectivity index (χ0) is 18.7. The van der Waals surface area contributed by atoms with Gasteiger partial charge in [-0.3, -0.25) is 9.59 Å². The molecule has 0 saturated carbocycles. The number of aliphatic hydroxyl groups excluding tert-OH is 1. The van der Waals surface area contributed by atoms with Gasteiger partial charge in [0.05, 0.1) is 13.0 Å². The van der Waals surface area contributed by atoms with Crippen LogP contribution in [0.1, 0.15) is 6.42 Å². The molecular formula is C16H22N4O4S. The number of anilines is 2. The van der Waals surface area contributed by atoms with E-state index in [4.69, 9.17) is 22.4 Å². The number of amides is 1. The average molecular weight is 366 g/mol. The molecule has 25 heavy (non-hydrogen) atoms. The van der Waals surface area contributed by atoms with Crippen LogP contribution in [0.25, 0.3) is 0 Å². The van der Waals surface area contributed by atoms with Crippen LogP contribution in [0, 0.1) is 0 Å². The van der Waals surface area contributed by atoms with Crippen LogP contribution >= 0.6 is 12.2 Å². The number of carboxylic acids is 1. The first-order valence-corrected chi connectivity index (χ1v) is 7.99. The van der Waals surface area contributed by atoms with E-state index < -0.39 is 17.9 Å². The molecule has 1 unspecified atom stereocenters. The molecule has 1 amide bonds. The normalized spacial score (nSPS) is 11.2. The first-order chi connectivity index (χ1) is 12.0. The summed E-state index contributed by atoms with van der Waals surface area (Å²) in [4.78, 5) is 23.1. The minimum Gasteiger partial charge on any atom is -0.480 e. The molecule has 0 saturated heterocycles. The van der Waals surface area contributed by atoms with E-state index in [0.29, 0.717) is 23.0 Å². The monoisotopic (exact) mass is 366 g/mol. The molecule has 1 aromatic rings. The first kappa shape index (κ1) is 20.6. The number of nitrogens with one attached hydrogen (secondary N) is 4. The fraction of sp³-hybridized carbons (Fsp3) is 0.312. The van der Waals surface area contributed by atoms with E-state index in [-0.39, 0.29) is 19.6 Å². The molecule has 8 nitrogen and oxygen atoms in total. The molecule has 0 aliphatic heterocycles. The molecular weight excluding hydrogens is 344 g/mol. The van der Waals surface area contributed by atoms with Crippen molar-refractivity contribution in [3.05, 3.63) is 36.9 Å². The molecule has 0 heterocycles. The largest absolute Gasteiger partial charge is 0.480 e. The maximum absolute atomic E-state index is 12.0. The van der Waals surface area contributed by atoms with Crippen LogP contribution in [-0.4, -0.2) is 52.9 Å². The summed E-state index contributed by atoms with van der Waals surface area (Å²) in [6.45, 7) is 4.00. The van der Waals surface area contributed by atoms with Crippen LogP contribution in [0.3, 0.4) is 0 Å². The maximum Gasteiger partial charge on any atom is 0.321 e. The summed E-state index contributed by atoms with van der Waals surface area (Å²) in [6.07, 6.45) is 1.42. The van der Waals surface area contributed by atoms with Gasteiger partial charge in [-0.25, -0.2) is 0 Å². The van der Waals surface area contributed by atoms with Gasteiger partial charge in [-0.15, -0.1) is 6.58 Å². The van der Waals surface area contributed by atoms with Crippen LogP contribution in [0.4, 0.5) is 11.4 Å². The van der Waals surface area contributed by atoms with Gasteiger partial charge in [-0.2, -0.15) is 0 Å². The van der Waals surface area contributed by atoms with Gasteiger partial charge in [-0.1, -0.05) is 12.1 Å². The minimum atomic E-state index is -1.15. The Morgan fingerprint density at radius 1 is 1.28 bits per heavy atom. The molecule has 0 aliphatic carbocycles. The maximum atomic E-state index is 12.0. The minimum absolute atomic E-state index is 0.0960. The van der Waals surface area contributed by atoms with E-state index in [9.17, 15) is 9.59 Å². The highest BCUT2D eigenvalue weighted by molar-refractivity contribution is 7.80. The van der Waals surface area contributed by atoms with Crippen molar-refractivity contribution in [2.45, 2.75) is 12.5 Å². The summed E-state index contributed by atoms with van der Waals surface area (Å²) in [5.41, 5.74) is 1.18. The second-order valence-corrected chi connectivity index (χ2v) is 5.43. The van der Waals surface area contributed by atoms with Crippen LogP contribution in [-0.2, 0) is 9.59 Å². The number of hydrogen-bond acceptors (Lipinski definition) is 5. The topological polar surface area (TPSA) is 123 Å². The van der Waals surface area contributed by atoms with Crippen LogP contribution in [0.5, 0.6) is 0 Å². The van der Waals surface area contributed by atoms with E-state index in [1.165, 1.54) is 0 Å². The summed E-state index contributed by atoms with van der Waals surface area (Å²) >= 11 is 5.11. The van der Waals surface area contributed by atoms with Gasteiger partial charge in [0.2, 0.25) is 5.91 Å². The molecule has 9 heteroatoms. The van der Waals surface area contributed by atoms with Gasteiger partial charge in [0.15, 0.2) is 5.11 Å². The highest BCUT2D eigenvalue weighted by atomic mass is 32.1. The first-order valence-electron chi connectivity index (χ1n) is 7.59. The molecule has 0 fully saturated rings. The third-order valence-corrected chi connectivity index (χ3v) is 3.25. The molecule has 1 atom stereocenters. The number of benzene rings is 1. The van der Waals surface area contributed by atoms with Crippen molar-refractivity contribution in [2.24, 2.45) is 0 Å². The van der Waals surface area contributed by atoms with Crippen LogP contribution in [0.2, 0.25) is 0 Å². The molecule has 1 aromatic carbocycles. The van der Waals surface area contributed by atoms with Gasteiger partial charge < -0.3 is 31.5 Å². The Balaban J connectivity index is 2.61. The molecule has 0 aliphatic rings. The van der Waals surface area contributed by atoms with E-state index in [0.717, 1.165) is 0 Å². The number of rotatable bonds is 10. The predicted octanol–water partition coefficient (Wildman–Crippen LogP) is 0.523. The zero-order valence-corrected chi connectivity index (χ0v) is 14.4. The number of thiocarbonyl (C=S) groups is 1. The van der Waals surface area contributed by atoms with Crippen molar-refractivity contribution >= 4 is 40.6 Å². The molecule has 0 spiro atoms. The van der Waals surface area contributed by atoms with E-state index in [2.05, 4.69) is 27.8 Å². The van der Waals surface area contributed by atoms with Gasteiger partial charge in [-0.05, 0) is 30.4 Å². The van der Waals surface area contributed by atoms with Gasteiger partial charge in [0.25, 0.3) is 0 Å². The fourth-order valence-corrected chi connectivity index (χ4v) is 2.10. The summed E-state index contributed by atoms with van der Waals surface area (Å²) in [5.74, 6) is -1.61. The van der Waals surface area contributed by atoms with Crippen LogP contribution in [0.15, 0.2) is 36.9 Å². The predicted molar refractivity (Wildman–Crippen MR) is 101 cm³/mol. The Kier molecular flexibility index (Phi) is 9.15. The molecule has 6 N–H and O–H groups in total. The lowest BCUT2D eigenvalue weighted by Gasteiger charge is -2.14. The number of hydrogen-bond donors (Lipinski definition) is 6. The number of carbonyl (C=O) groups excluding carboxylic acids is 1. The fourth-order valence-electron chi connectivity index (χ4n) is 1.90. The van der Waals surface area contributed by atoms with Crippen molar-refractivity contribution in [2.75, 3.05) is 30.3 Å². The second-order valence-electron chi connectivity index (χ2n) is 5.03. The third-order valence-electron chi connectivity index (χ3n) is 3.00. The van der Waals surface area contributed by atoms with Crippen molar-refractivity contribution < 1.29 is 19.8 Å². The SMILES string of the molecule is C=CCNC(=S)Nc1cccc(NC(=O)CC(NCCO)C(=O)O)c1. The quantitative estimate of drug-likeness (QED) is 0.262. The highest BCUT2D eigenvalue weighted by Gasteiger charge is 2.20. The average Bonchev–Trinajstić information content (AvgIpc) is 2.56. The summed E-state index contributed by atoms with van der Waals surface area (Å²) in [6, 6.07) is 5.80. The number of aliphatic carboxylic acids is 1. The van der Waals surface area contributed by atoms with Gasteiger partial charge in [0, 0.05) is 24.5 Å². The number of carboxylic acid groups (broad SMARTS) is 1. The Morgan fingerprint density at radius 2 is 1.96 bits per heavy atom. The molecule has 1 rings (SSSR count). The molecule has 136 valence electrons. The second kappa shape index (κ2) is 11.1. The molecule has 0 bridgehead atoms. The zero-order valence-electron chi connectivity index (χ0n) is 13.6. The Morgan fingerprint density at radius 3 is 2.56 bits per heavy atom. The highest BCUT2D eigenvalue weighted by Crippen LogP contribution is 2.15. The Labute approximate surface area is 151 Å². The summed E-state index contributed by atoms with van der Waals surface area (Å²) in [7, 11) is 0.